The highest BCUT2D eigenvalue weighted by Crippen LogP contribution is 2.42. The zero-order valence-electron chi connectivity index (χ0n) is 12.1. The van der Waals surface area contributed by atoms with Gasteiger partial charge in [0.15, 0.2) is 11.5 Å². The summed E-state index contributed by atoms with van der Waals surface area (Å²) in [5, 5.41) is 3.79. The van der Waals surface area contributed by atoms with Crippen molar-refractivity contribution in [3.05, 3.63) is 52.5 Å². The molecule has 3 rings (SSSR count). The maximum absolute atomic E-state index is 12.1. The van der Waals surface area contributed by atoms with Crippen LogP contribution in [0.1, 0.15) is 22.1 Å². The van der Waals surface area contributed by atoms with E-state index in [1.165, 1.54) is 14.2 Å². The smallest absolute Gasteiger partial charge is 0.344 e. The number of hydrogen-bond acceptors (Lipinski definition) is 5. The first-order chi connectivity index (χ1) is 10.6. The summed E-state index contributed by atoms with van der Waals surface area (Å²) < 4.78 is 15.9. The van der Waals surface area contributed by atoms with Crippen LogP contribution >= 0.6 is 11.6 Å². The molecule has 6 heteroatoms. The fourth-order valence-corrected chi connectivity index (χ4v) is 2.53. The minimum absolute atomic E-state index is 0.380. The summed E-state index contributed by atoms with van der Waals surface area (Å²) in [6.07, 6.45) is -0.580. The van der Waals surface area contributed by atoms with E-state index in [0.29, 0.717) is 27.6 Å². The van der Waals surface area contributed by atoms with Crippen molar-refractivity contribution in [1.82, 2.24) is 0 Å². The van der Waals surface area contributed by atoms with Crippen LogP contribution in [0, 0.1) is 0 Å². The van der Waals surface area contributed by atoms with Gasteiger partial charge in [0.2, 0.25) is 6.23 Å². The fraction of sp³-hybridized carbons (Fsp3) is 0.188. The number of ether oxygens (including phenoxy) is 3. The Morgan fingerprint density at radius 2 is 1.82 bits per heavy atom. The van der Waals surface area contributed by atoms with Gasteiger partial charge in [-0.25, -0.2) is 4.79 Å². The van der Waals surface area contributed by atoms with E-state index < -0.39 is 12.2 Å². The van der Waals surface area contributed by atoms with Gasteiger partial charge in [-0.2, -0.15) is 0 Å². The van der Waals surface area contributed by atoms with Crippen LogP contribution in [-0.2, 0) is 4.74 Å². The van der Waals surface area contributed by atoms with Crippen LogP contribution < -0.4 is 14.8 Å². The summed E-state index contributed by atoms with van der Waals surface area (Å²) in [5.41, 5.74) is 1.88. The van der Waals surface area contributed by atoms with E-state index in [1.54, 1.807) is 24.3 Å². The van der Waals surface area contributed by atoms with Gasteiger partial charge in [0.1, 0.15) is 5.56 Å². The van der Waals surface area contributed by atoms with E-state index >= 15 is 0 Å². The van der Waals surface area contributed by atoms with E-state index in [0.717, 1.165) is 5.69 Å². The monoisotopic (exact) mass is 319 g/mol. The first-order valence-electron chi connectivity index (χ1n) is 6.62. The zero-order chi connectivity index (χ0) is 15.7. The van der Waals surface area contributed by atoms with E-state index in [4.69, 9.17) is 25.8 Å². The van der Waals surface area contributed by atoms with Gasteiger partial charge in [-0.15, -0.1) is 0 Å². The average Bonchev–Trinajstić information content (AvgIpc) is 2.85. The molecule has 0 amide bonds. The van der Waals surface area contributed by atoms with Crippen molar-refractivity contribution in [3.8, 4) is 11.5 Å². The molecule has 2 aromatic carbocycles. The summed E-state index contributed by atoms with van der Waals surface area (Å²) in [6.45, 7) is 0. The molecule has 0 fully saturated rings. The number of halogens is 1. The maximum Gasteiger partial charge on any atom is 0.344 e. The lowest BCUT2D eigenvalue weighted by Crippen LogP contribution is -2.10. The molecule has 0 radical (unpaired) electrons. The van der Waals surface area contributed by atoms with Crippen LogP contribution in [0.5, 0.6) is 11.5 Å². The Bertz CT molecular complexity index is 715. The van der Waals surface area contributed by atoms with Gasteiger partial charge in [0, 0.05) is 16.3 Å². The summed E-state index contributed by atoms with van der Waals surface area (Å²) in [4.78, 5) is 12.1. The van der Waals surface area contributed by atoms with Crippen molar-refractivity contribution in [3.63, 3.8) is 0 Å². The first-order valence-corrected chi connectivity index (χ1v) is 7.00. The summed E-state index contributed by atoms with van der Waals surface area (Å²) in [7, 11) is 3.01. The molecule has 22 heavy (non-hydrogen) atoms. The lowest BCUT2D eigenvalue weighted by Gasteiger charge is -2.15. The van der Waals surface area contributed by atoms with Gasteiger partial charge in [-0.3, -0.25) is 0 Å². The molecule has 1 heterocycles. The second-order valence-electron chi connectivity index (χ2n) is 4.70. The minimum atomic E-state index is -0.580. The number of benzene rings is 2. The molecule has 0 saturated carbocycles. The number of carbonyl (C=O) groups is 1. The number of esters is 1. The van der Waals surface area contributed by atoms with Crippen LogP contribution in [0.4, 0.5) is 5.69 Å². The molecule has 1 aliphatic rings. The lowest BCUT2D eigenvalue weighted by molar-refractivity contribution is 0.0435. The zero-order valence-corrected chi connectivity index (χ0v) is 12.8. The normalized spacial score (nSPS) is 16.0. The van der Waals surface area contributed by atoms with Gasteiger partial charge in [-0.1, -0.05) is 11.6 Å². The SMILES string of the molecule is COc1ccc2c(c1OC)C(=O)OC2Nc1ccc(Cl)cc1. The Balaban J connectivity index is 1.96. The van der Waals surface area contributed by atoms with Gasteiger partial charge >= 0.3 is 5.97 Å². The molecular formula is C16H14ClNO4. The van der Waals surface area contributed by atoms with E-state index in [9.17, 15) is 4.79 Å². The molecular weight excluding hydrogens is 306 g/mol. The lowest BCUT2D eigenvalue weighted by atomic mass is 10.1. The topological polar surface area (TPSA) is 56.8 Å². The fourth-order valence-electron chi connectivity index (χ4n) is 2.41. The number of nitrogens with one attached hydrogen (secondary N) is 1. The second kappa shape index (κ2) is 5.77. The predicted octanol–water partition coefficient (Wildman–Crippen LogP) is 3.64. The molecule has 0 aromatic heterocycles. The van der Waals surface area contributed by atoms with Crippen LogP contribution in [0.2, 0.25) is 5.02 Å². The Kier molecular flexibility index (Phi) is 3.81. The number of anilines is 1. The molecule has 1 unspecified atom stereocenters. The number of rotatable bonds is 4. The summed E-state index contributed by atoms with van der Waals surface area (Å²) in [5.74, 6) is 0.424. The highest BCUT2D eigenvalue weighted by Gasteiger charge is 2.35. The Morgan fingerprint density at radius 1 is 1.09 bits per heavy atom. The maximum atomic E-state index is 12.1. The summed E-state index contributed by atoms with van der Waals surface area (Å²) in [6, 6.07) is 10.7. The average molecular weight is 320 g/mol. The van der Waals surface area contributed by atoms with E-state index in [-0.39, 0.29) is 0 Å². The molecule has 1 atom stereocenters. The summed E-state index contributed by atoms with van der Waals surface area (Å²) >= 11 is 5.86. The molecule has 0 saturated heterocycles. The van der Waals surface area contributed by atoms with E-state index in [2.05, 4.69) is 5.32 Å². The molecule has 2 aromatic rings. The number of fused-ring (bicyclic) bond motifs is 1. The number of cyclic esters (lactones) is 1. The molecule has 114 valence electrons. The van der Waals surface area contributed by atoms with Gasteiger partial charge < -0.3 is 19.5 Å². The second-order valence-corrected chi connectivity index (χ2v) is 5.14. The van der Waals surface area contributed by atoms with Crippen molar-refractivity contribution in [2.75, 3.05) is 19.5 Å². The minimum Gasteiger partial charge on any atom is -0.493 e. The highest BCUT2D eigenvalue weighted by molar-refractivity contribution is 6.30. The molecule has 1 aliphatic heterocycles. The molecule has 0 aliphatic carbocycles. The van der Waals surface area contributed by atoms with Crippen molar-refractivity contribution in [2.45, 2.75) is 6.23 Å². The highest BCUT2D eigenvalue weighted by atomic mass is 35.5. The molecule has 1 N–H and O–H groups in total. The van der Waals surface area contributed by atoms with Crippen LogP contribution in [0.3, 0.4) is 0 Å². The van der Waals surface area contributed by atoms with Gasteiger partial charge in [0.05, 0.1) is 14.2 Å². The largest absolute Gasteiger partial charge is 0.493 e. The number of hydrogen-bond donors (Lipinski definition) is 1. The Hall–Kier alpha value is -2.40. The molecule has 0 spiro atoms. The third-order valence-corrected chi connectivity index (χ3v) is 3.68. The Labute approximate surface area is 132 Å². The first kappa shape index (κ1) is 14.5. The van der Waals surface area contributed by atoms with Crippen LogP contribution in [-0.4, -0.2) is 20.2 Å². The van der Waals surface area contributed by atoms with Crippen molar-refractivity contribution < 1.29 is 19.0 Å². The van der Waals surface area contributed by atoms with Crippen molar-refractivity contribution in [1.29, 1.82) is 0 Å². The van der Waals surface area contributed by atoms with Gasteiger partial charge in [0.25, 0.3) is 0 Å². The van der Waals surface area contributed by atoms with Crippen molar-refractivity contribution >= 4 is 23.3 Å². The Morgan fingerprint density at radius 3 is 2.45 bits per heavy atom. The standard InChI is InChI=1S/C16H14ClNO4/c1-20-12-8-7-11-13(14(12)21-2)16(19)22-15(11)18-10-5-3-9(17)4-6-10/h3-8,15,18H,1-2H3. The number of carbonyl (C=O) groups excluding carboxylic acids is 1. The van der Waals surface area contributed by atoms with Crippen LogP contribution in [0.15, 0.2) is 36.4 Å². The quantitative estimate of drug-likeness (QED) is 0.872. The van der Waals surface area contributed by atoms with Crippen molar-refractivity contribution in [2.24, 2.45) is 0 Å². The molecule has 0 bridgehead atoms. The molecule has 5 nitrogen and oxygen atoms in total. The number of methoxy groups -OCH3 is 2. The third kappa shape index (κ3) is 2.44. The third-order valence-electron chi connectivity index (χ3n) is 3.43. The van der Waals surface area contributed by atoms with Crippen LogP contribution in [0.25, 0.3) is 0 Å². The predicted molar refractivity (Wildman–Crippen MR) is 82.8 cm³/mol. The van der Waals surface area contributed by atoms with Gasteiger partial charge in [-0.05, 0) is 36.4 Å². The van der Waals surface area contributed by atoms with E-state index in [1.807, 2.05) is 12.1 Å².